The lowest BCUT2D eigenvalue weighted by Crippen LogP contribution is -2.15. The topological polar surface area (TPSA) is 72.9 Å². The first-order valence-corrected chi connectivity index (χ1v) is 7.92. The van der Waals surface area contributed by atoms with E-state index >= 15 is 0 Å². The Kier molecular flexibility index (Phi) is 4.00. The summed E-state index contributed by atoms with van der Waals surface area (Å²) in [4.78, 5) is 12.4. The second-order valence-corrected chi connectivity index (χ2v) is 5.72. The molecule has 0 saturated carbocycles. The van der Waals surface area contributed by atoms with Crippen molar-refractivity contribution in [3.05, 3.63) is 88.8 Å². The van der Waals surface area contributed by atoms with Crippen molar-refractivity contribution in [3.63, 3.8) is 0 Å². The minimum Gasteiger partial charge on any atom is -0.508 e. The maximum Gasteiger partial charge on any atom is 0.209 e. The highest BCUT2D eigenvalue weighted by molar-refractivity contribution is 5.57. The molecule has 8 heteroatoms. The lowest BCUT2D eigenvalue weighted by molar-refractivity contribution is 0.475. The molecule has 27 heavy (non-hydrogen) atoms. The van der Waals surface area contributed by atoms with Gasteiger partial charge in [0.05, 0.1) is 17.6 Å². The molecule has 134 valence electrons. The van der Waals surface area contributed by atoms with Gasteiger partial charge in [-0.1, -0.05) is 6.07 Å². The van der Waals surface area contributed by atoms with Gasteiger partial charge < -0.3 is 5.11 Å². The van der Waals surface area contributed by atoms with Crippen molar-refractivity contribution in [1.29, 1.82) is 0 Å². The maximum absolute atomic E-state index is 14.2. The maximum atomic E-state index is 14.2. The molecule has 0 aliphatic carbocycles. The number of aromatic hydroxyl groups is 1. The molecule has 2 heterocycles. The number of phenolic OH excluding ortho intramolecular Hbond substituents is 1. The summed E-state index contributed by atoms with van der Waals surface area (Å²) in [5, 5.41) is 17.9. The van der Waals surface area contributed by atoms with Gasteiger partial charge in [-0.05, 0) is 30.3 Å². The number of rotatable bonds is 3. The van der Waals surface area contributed by atoms with E-state index in [-0.39, 0.29) is 22.8 Å². The number of aromatic nitrogens is 4. The van der Waals surface area contributed by atoms with Crippen LogP contribution in [0.25, 0.3) is 22.8 Å². The largest absolute Gasteiger partial charge is 0.508 e. The first kappa shape index (κ1) is 16.6. The zero-order valence-electron chi connectivity index (χ0n) is 13.8. The zero-order valence-corrected chi connectivity index (χ0v) is 13.8. The van der Waals surface area contributed by atoms with Gasteiger partial charge in [-0.25, -0.2) is 18.1 Å². The standard InChI is InChI=1S/C19H12F2N4O2/c20-12-4-5-15(21)17(10-12)25-16(6-8-22-25)19-18(27)7-9-24(23-19)13-2-1-3-14(26)11-13/h1-11,26H. The average molecular weight is 366 g/mol. The Balaban J connectivity index is 1.88. The quantitative estimate of drug-likeness (QED) is 0.605. The highest BCUT2D eigenvalue weighted by Gasteiger charge is 2.16. The van der Waals surface area contributed by atoms with Gasteiger partial charge in [-0.15, -0.1) is 0 Å². The van der Waals surface area contributed by atoms with Gasteiger partial charge in [0.25, 0.3) is 0 Å². The third kappa shape index (κ3) is 3.08. The Morgan fingerprint density at radius 2 is 1.85 bits per heavy atom. The SMILES string of the molecule is O=c1ccn(-c2cccc(O)c2)nc1-c1ccnn1-c1cc(F)ccc1F. The highest BCUT2D eigenvalue weighted by Crippen LogP contribution is 2.22. The summed E-state index contributed by atoms with van der Waals surface area (Å²) in [5.41, 5.74) is 0.189. The molecule has 0 saturated heterocycles. The molecule has 0 bridgehead atoms. The van der Waals surface area contributed by atoms with Crippen LogP contribution in [-0.2, 0) is 0 Å². The van der Waals surface area contributed by atoms with Crippen molar-refractivity contribution in [2.75, 3.05) is 0 Å². The average Bonchev–Trinajstić information content (AvgIpc) is 3.13. The number of phenols is 1. The number of benzene rings is 2. The molecule has 0 aliphatic rings. The van der Waals surface area contributed by atoms with E-state index in [2.05, 4.69) is 10.2 Å². The van der Waals surface area contributed by atoms with E-state index in [1.54, 1.807) is 12.1 Å². The van der Waals surface area contributed by atoms with Gasteiger partial charge in [-0.3, -0.25) is 4.79 Å². The molecule has 0 spiro atoms. The van der Waals surface area contributed by atoms with Crippen LogP contribution in [0.1, 0.15) is 0 Å². The molecule has 0 atom stereocenters. The van der Waals surface area contributed by atoms with Crippen LogP contribution in [0.15, 0.2) is 71.8 Å². The molecule has 0 aliphatic heterocycles. The fourth-order valence-corrected chi connectivity index (χ4v) is 2.69. The van der Waals surface area contributed by atoms with Crippen LogP contribution in [-0.4, -0.2) is 24.7 Å². The van der Waals surface area contributed by atoms with Crippen LogP contribution in [0, 0.1) is 11.6 Å². The van der Waals surface area contributed by atoms with Crippen molar-refractivity contribution in [3.8, 4) is 28.5 Å². The first-order valence-electron chi connectivity index (χ1n) is 7.92. The second-order valence-electron chi connectivity index (χ2n) is 5.72. The minimum absolute atomic E-state index is 0.00186. The number of nitrogens with zero attached hydrogens (tertiary/aromatic N) is 4. The van der Waals surface area contributed by atoms with Crippen molar-refractivity contribution < 1.29 is 13.9 Å². The molecular weight excluding hydrogens is 354 g/mol. The number of hydrogen-bond acceptors (Lipinski definition) is 4. The molecule has 1 N–H and O–H groups in total. The first-order chi connectivity index (χ1) is 13.0. The Bertz CT molecular complexity index is 1200. The molecule has 0 unspecified atom stereocenters. The van der Waals surface area contributed by atoms with E-state index in [1.807, 2.05) is 0 Å². The molecule has 2 aromatic heterocycles. The normalized spacial score (nSPS) is 10.9. The predicted octanol–water partition coefficient (Wildman–Crippen LogP) is 3.07. The predicted molar refractivity (Wildman–Crippen MR) is 94.0 cm³/mol. The van der Waals surface area contributed by atoms with E-state index in [0.717, 1.165) is 22.9 Å². The van der Waals surface area contributed by atoms with Crippen molar-refractivity contribution in [1.82, 2.24) is 19.6 Å². The monoisotopic (exact) mass is 366 g/mol. The van der Waals surface area contributed by atoms with E-state index < -0.39 is 17.1 Å². The molecule has 0 radical (unpaired) electrons. The van der Waals surface area contributed by atoms with Crippen molar-refractivity contribution in [2.24, 2.45) is 0 Å². The lowest BCUT2D eigenvalue weighted by atomic mass is 10.2. The van der Waals surface area contributed by atoms with E-state index in [1.165, 1.54) is 41.3 Å². The number of hydrogen-bond donors (Lipinski definition) is 1. The molecule has 2 aromatic carbocycles. The second kappa shape index (κ2) is 6.49. The smallest absolute Gasteiger partial charge is 0.209 e. The Morgan fingerprint density at radius 1 is 1.00 bits per heavy atom. The summed E-state index contributed by atoms with van der Waals surface area (Å²) >= 11 is 0. The minimum atomic E-state index is -0.689. The zero-order chi connectivity index (χ0) is 19.0. The Labute approximate surface area is 151 Å². The van der Waals surface area contributed by atoms with Gasteiger partial charge in [0, 0.05) is 24.4 Å². The highest BCUT2D eigenvalue weighted by atomic mass is 19.1. The molecule has 4 aromatic rings. The lowest BCUT2D eigenvalue weighted by Gasteiger charge is -2.10. The van der Waals surface area contributed by atoms with Gasteiger partial charge in [0.2, 0.25) is 5.43 Å². The molecule has 6 nitrogen and oxygen atoms in total. The summed E-state index contributed by atoms with van der Waals surface area (Å²) in [6.07, 6.45) is 2.82. The molecular formula is C19H12F2N4O2. The van der Waals surface area contributed by atoms with Crippen LogP contribution in [0.5, 0.6) is 5.75 Å². The fraction of sp³-hybridized carbons (Fsp3) is 0. The summed E-state index contributed by atoms with van der Waals surface area (Å²) in [7, 11) is 0. The van der Waals surface area contributed by atoms with Crippen molar-refractivity contribution >= 4 is 0 Å². The number of halogens is 2. The van der Waals surface area contributed by atoms with Crippen LogP contribution < -0.4 is 5.43 Å². The van der Waals surface area contributed by atoms with Crippen LogP contribution in [0.4, 0.5) is 8.78 Å². The molecule has 4 rings (SSSR count). The third-order valence-corrected chi connectivity index (χ3v) is 3.92. The fourth-order valence-electron chi connectivity index (χ4n) is 2.69. The van der Waals surface area contributed by atoms with E-state index in [9.17, 15) is 18.7 Å². The summed E-state index contributed by atoms with van der Waals surface area (Å²) in [5.74, 6) is -1.28. The summed E-state index contributed by atoms with van der Waals surface area (Å²) in [6, 6.07) is 12.1. The molecule has 0 fully saturated rings. The third-order valence-electron chi connectivity index (χ3n) is 3.92. The van der Waals surface area contributed by atoms with Crippen LogP contribution in [0.2, 0.25) is 0 Å². The van der Waals surface area contributed by atoms with Crippen LogP contribution in [0.3, 0.4) is 0 Å². The Hall–Kier alpha value is -3.81. The van der Waals surface area contributed by atoms with Crippen molar-refractivity contribution in [2.45, 2.75) is 0 Å². The van der Waals surface area contributed by atoms with Crippen LogP contribution >= 0.6 is 0 Å². The molecule has 0 amide bonds. The van der Waals surface area contributed by atoms with Gasteiger partial charge in [-0.2, -0.15) is 10.2 Å². The van der Waals surface area contributed by atoms with Gasteiger partial charge >= 0.3 is 0 Å². The van der Waals surface area contributed by atoms with Gasteiger partial charge in [0.15, 0.2) is 5.69 Å². The van der Waals surface area contributed by atoms with E-state index in [0.29, 0.717) is 5.69 Å². The Morgan fingerprint density at radius 3 is 2.67 bits per heavy atom. The van der Waals surface area contributed by atoms with Gasteiger partial charge in [0.1, 0.15) is 23.1 Å². The van der Waals surface area contributed by atoms with E-state index in [4.69, 9.17) is 0 Å². The summed E-state index contributed by atoms with van der Waals surface area (Å²) in [6.45, 7) is 0. The summed E-state index contributed by atoms with van der Waals surface area (Å²) < 4.78 is 30.2.